The summed E-state index contributed by atoms with van der Waals surface area (Å²) in [6.07, 6.45) is 4.61. The summed E-state index contributed by atoms with van der Waals surface area (Å²) < 4.78 is 5.82. The zero-order valence-electron chi connectivity index (χ0n) is 43.3. The van der Waals surface area contributed by atoms with Gasteiger partial charge in [0.15, 0.2) is 0 Å². The number of benzene rings is 3. The van der Waals surface area contributed by atoms with Crippen LogP contribution in [0.5, 0.6) is 11.5 Å². The number of carbonyl (C=O) groups is 9. The minimum Gasteiger partial charge on any atom is -0.508 e. The van der Waals surface area contributed by atoms with Crippen molar-refractivity contribution < 1.29 is 68.3 Å². The highest BCUT2D eigenvalue weighted by molar-refractivity contribution is 6.00. The molecule has 0 aromatic heterocycles. The second kappa shape index (κ2) is 29.5. The van der Waals surface area contributed by atoms with Crippen LogP contribution >= 0.6 is 0 Å². The van der Waals surface area contributed by atoms with Crippen LogP contribution in [-0.2, 0) is 67.2 Å². The summed E-state index contributed by atoms with van der Waals surface area (Å²) in [5.74, 6) is -11.0. The van der Waals surface area contributed by atoms with Crippen LogP contribution in [0, 0.1) is 11.8 Å². The van der Waals surface area contributed by atoms with Gasteiger partial charge in [0.05, 0.1) is 24.5 Å². The van der Waals surface area contributed by atoms with Crippen LogP contribution < -0.4 is 37.2 Å². The number of methoxy groups -OCH3 is 1. The van der Waals surface area contributed by atoms with Crippen molar-refractivity contribution in [2.24, 2.45) is 11.8 Å². The monoisotopic (exact) mass is 1050 g/mol. The van der Waals surface area contributed by atoms with Crippen LogP contribution in [0.2, 0.25) is 0 Å². The van der Waals surface area contributed by atoms with E-state index in [1.54, 1.807) is 32.2 Å². The van der Waals surface area contributed by atoms with Gasteiger partial charge in [0.2, 0.25) is 35.4 Å². The number of rotatable bonds is 14. The third-order valence-corrected chi connectivity index (χ3v) is 12.7. The van der Waals surface area contributed by atoms with Gasteiger partial charge in [0.25, 0.3) is 5.91 Å². The molecule has 1 aliphatic rings. The van der Waals surface area contributed by atoms with Crippen molar-refractivity contribution in [3.63, 3.8) is 0 Å². The van der Waals surface area contributed by atoms with Gasteiger partial charge in [-0.25, -0.2) is 9.59 Å². The zero-order valence-corrected chi connectivity index (χ0v) is 43.3. The number of carboxylic acids is 2. The number of allylic oxidation sites excluding steroid dienone is 3. The van der Waals surface area contributed by atoms with Crippen LogP contribution in [0.25, 0.3) is 0 Å². The highest BCUT2D eigenvalue weighted by Gasteiger charge is 2.34. The molecule has 0 bridgehead atoms. The molecule has 408 valence electrons. The fourth-order valence-corrected chi connectivity index (χ4v) is 8.11. The minimum atomic E-state index is -1.92. The van der Waals surface area contributed by atoms with Crippen molar-refractivity contribution in [2.75, 3.05) is 7.11 Å². The number of ether oxygens (including phenoxy) is 1. The Morgan fingerprint density at radius 2 is 1.29 bits per heavy atom. The lowest BCUT2D eigenvalue weighted by Crippen LogP contribution is -2.57. The molecule has 76 heavy (non-hydrogen) atoms. The first-order valence-corrected chi connectivity index (χ1v) is 24.8. The average Bonchev–Trinajstić information content (AvgIpc) is 3.38. The van der Waals surface area contributed by atoms with E-state index in [1.807, 2.05) is 43.3 Å². The molecule has 21 heteroatoms. The van der Waals surface area contributed by atoms with E-state index >= 15 is 0 Å². The highest BCUT2D eigenvalue weighted by atomic mass is 16.5. The Balaban J connectivity index is 1.76. The first-order valence-electron chi connectivity index (χ1n) is 24.8. The maximum atomic E-state index is 14.5. The topological polar surface area (TPSA) is 328 Å². The van der Waals surface area contributed by atoms with E-state index in [0.29, 0.717) is 23.1 Å². The van der Waals surface area contributed by atoms with Gasteiger partial charge in [0, 0.05) is 25.9 Å². The molecule has 3 aromatic carbocycles. The predicted molar refractivity (Wildman–Crippen MR) is 279 cm³/mol. The van der Waals surface area contributed by atoms with Crippen molar-refractivity contribution >= 4 is 53.3 Å². The van der Waals surface area contributed by atoms with Crippen molar-refractivity contribution in [1.29, 1.82) is 0 Å². The molecule has 7 amide bonds. The number of amides is 7. The first kappa shape index (κ1) is 60.2. The van der Waals surface area contributed by atoms with Gasteiger partial charge in [0.1, 0.15) is 47.4 Å². The number of hydrogen-bond donors (Lipinski definition) is 11. The van der Waals surface area contributed by atoms with Crippen LogP contribution in [-0.4, -0.2) is 123 Å². The predicted octanol–water partition coefficient (Wildman–Crippen LogP) is 2.61. The molecule has 3 aromatic rings. The van der Waals surface area contributed by atoms with E-state index < -0.39 is 115 Å². The van der Waals surface area contributed by atoms with Gasteiger partial charge in [-0.05, 0) is 87.4 Å². The average molecular weight is 1050 g/mol. The fraction of sp³-hybridized carbons (Fsp3) is 0.400. The lowest BCUT2D eigenvalue weighted by molar-refractivity contribution is -0.144. The molecule has 9 atom stereocenters. The molecule has 0 saturated carbocycles. The molecule has 1 heterocycles. The SMILES string of the molecule is C/C=C1/NC(=O)CC[C@H](C(=O)O)NC(=O)[C@@H](C)[C@H](/C=C/C(C)=C/[C@H](C)[C@H](Cc2ccccc2)OC)NC(=O)[C@H](Cc2ccc(O)cc2)NC(=O)C[C@H](C(=O)O)NC(=O)[C@H](CCc2ccc(O)cc2)NC(=O)[C@@H](C)NC1=O. The van der Waals surface area contributed by atoms with Gasteiger partial charge < -0.3 is 62.4 Å². The smallest absolute Gasteiger partial charge is 0.326 e. The summed E-state index contributed by atoms with van der Waals surface area (Å²) in [5, 5.41) is 57.7. The zero-order chi connectivity index (χ0) is 56.1. The molecule has 1 fully saturated rings. The van der Waals surface area contributed by atoms with Crippen molar-refractivity contribution in [2.45, 2.75) is 122 Å². The Kier molecular flexibility index (Phi) is 23.4. The number of phenolic OH excluding ortho intramolecular Hbond substituents is 2. The number of aromatic hydroxyl groups is 2. The molecule has 0 aliphatic carbocycles. The number of nitrogens with one attached hydrogen (secondary N) is 7. The number of carbonyl (C=O) groups excluding carboxylic acids is 7. The molecule has 0 spiro atoms. The Labute approximate surface area is 441 Å². The standard InChI is InChI=1S/C55H69N7O14/c1-7-40-51(69)56-34(5)50(68)60-42(24-18-35-14-19-38(63)20-15-35)52(70)62-45(55(74)75)30-48(66)58-44(28-37-16-21-39(64)22-17-37)53(71)59-41(33(4)49(67)61-43(54(72)73)25-26-47(65)57-40)23-13-31(2)27-32(3)46(76-6)29-36-11-9-8-10-12-36/h7-17,19-23,27,32-34,41-46,63-64H,18,24-26,28-30H2,1-6H3,(H,56,69)(H,57,65)(H,58,66)(H,59,71)(H,60,68)(H,61,67)(H,62,70)(H,72,73)(H,74,75)/b23-13+,31-27+,40-7+/t32-,33-,34+,41-,42-,43+,44-,45+,46-/m0/s1. The van der Waals surface area contributed by atoms with E-state index in [0.717, 1.165) is 5.56 Å². The largest absolute Gasteiger partial charge is 0.508 e. The van der Waals surface area contributed by atoms with Crippen molar-refractivity contribution in [3.8, 4) is 11.5 Å². The summed E-state index contributed by atoms with van der Waals surface area (Å²) in [4.78, 5) is 122. The van der Waals surface area contributed by atoms with E-state index in [1.165, 1.54) is 69.3 Å². The van der Waals surface area contributed by atoms with Crippen molar-refractivity contribution in [3.05, 3.63) is 131 Å². The number of carboxylic acid groups (broad SMARTS) is 2. The molecular formula is C55H69N7O14. The maximum absolute atomic E-state index is 14.5. The van der Waals surface area contributed by atoms with Crippen molar-refractivity contribution in [1.82, 2.24) is 37.2 Å². The number of aliphatic carboxylic acids is 2. The molecule has 1 aliphatic heterocycles. The van der Waals surface area contributed by atoms with Gasteiger partial charge in [-0.1, -0.05) is 98.3 Å². The second-order valence-electron chi connectivity index (χ2n) is 18.7. The van der Waals surface area contributed by atoms with Gasteiger partial charge in [-0.3, -0.25) is 33.6 Å². The molecule has 0 radical (unpaired) electrons. The van der Waals surface area contributed by atoms with Crippen LogP contribution in [0.15, 0.2) is 114 Å². The minimum absolute atomic E-state index is 0.0285. The summed E-state index contributed by atoms with van der Waals surface area (Å²) in [6, 6.07) is 12.3. The molecule has 1 saturated heterocycles. The van der Waals surface area contributed by atoms with E-state index in [4.69, 9.17) is 4.74 Å². The number of phenols is 2. The summed E-state index contributed by atoms with van der Waals surface area (Å²) in [5.41, 5.74) is 2.50. The van der Waals surface area contributed by atoms with Gasteiger partial charge in [-0.15, -0.1) is 0 Å². The molecule has 11 N–H and O–H groups in total. The lowest BCUT2D eigenvalue weighted by atomic mass is 9.94. The highest BCUT2D eigenvalue weighted by Crippen LogP contribution is 2.19. The van der Waals surface area contributed by atoms with Gasteiger partial charge in [-0.2, -0.15) is 0 Å². The summed E-state index contributed by atoms with van der Waals surface area (Å²) >= 11 is 0. The Bertz CT molecular complexity index is 2620. The Morgan fingerprint density at radius 3 is 1.88 bits per heavy atom. The maximum Gasteiger partial charge on any atom is 0.326 e. The fourth-order valence-electron chi connectivity index (χ4n) is 8.11. The third-order valence-electron chi connectivity index (χ3n) is 12.7. The third kappa shape index (κ3) is 19.5. The quantitative estimate of drug-likeness (QED) is 0.0817. The lowest BCUT2D eigenvalue weighted by Gasteiger charge is -2.27. The molecule has 4 rings (SSSR count). The number of aryl methyl sites for hydroxylation is 1. The van der Waals surface area contributed by atoms with E-state index in [2.05, 4.69) is 37.2 Å². The van der Waals surface area contributed by atoms with Crippen LogP contribution in [0.4, 0.5) is 0 Å². The Hall–Kier alpha value is -8.33. The summed E-state index contributed by atoms with van der Waals surface area (Å²) in [7, 11) is 1.61. The Morgan fingerprint density at radius 1 is 0.697 bits per heavy atom. The molecular weight excluding hydrogens is 983 g/mol. The normalized spacial score (nSPS) is 23.8. The van der Waals surface area contributed by atoms with E-state index in [-0.39, 0.29) is 48.5 Å². The number of hydrogen-bond acceptors (Lipinski definition) is 12. The van der Waals surface area contributed by atoms with Crippen LogP contribution in [0.1, 0.15) is 77.0 Å². The van der Waals surface area contributed by atoms with E-state index in [9.17, 15) is 63.6 Å². The first-order chi connectivity index (χ1) is 36.1. The molecule has 0 unspecified atom stereocenters. The van der Waals surface area contributed by atoms with Gasteiger partial charge >= 0.3 is 11.9 Å². The molecule has 21 nitrogen and oxygen atoms in total. The summed E-state index contributed by atoms with van der Waals surface area (Å²) in [6.45, 7) is 7.88. The second-order valence-corrected chi connectivity index (χ2v) is 18.7. The van der Waals surface area contributed by atoms with Crippen LogP contribution in [0.3, 0.4) is 0 Å².